The Bertz CT molecular complexity index is 615. The molecule has 1 N–H and O–H groups in total. The van der Waals surface area contributed by atoms with Crippen molar-refractivity contribution in [3.8, 4) is 6.07 Å². The van der Waals surface area contributed by atoms with Crippen LogP contribution in [0.2, 0.25) is 0 Å². The highest BCUT2D eigenvalue weighted by atomic mass is 19.4. The molecule has 2 aliphatic rings. The molecule has 3 rings (SSSR count). The van der Waals surface area contributed by atoms with Gasteiger partial charge in [-0.3, -0.25) is 0 Å². The third-order valence-electron chi connectivity index (χ3n) is 4.82. The van der Waals surface area contributed by atoms with Crippen molar-refractivity contribution >= 4 is 5.69 Å². The molecular weight excluding hydrogens is 305 g/mol. The summed E-state index contributed by atoms with van der Waals surface area (Å²) in [6.07, 6.45) is 1.46. The number of rotatable bonds is 2. The molecule has 0 amide bonds. The summed E-state index contributed by atoms with van der Waals surface area (Å²) in [5, 5.41) is 12.1. The van der Waals surface area contributed by atoms with Gasteiger partial charge in [-0.2, -0.15) is 18.4 Å². The standard InChI is InChI=1S/C17H19F3N2O/c18-17(19,20)15-9-13(4-3-12(15)11-21)22-14-5-8-23-16(10-14)6-1-2-7-16/h3-4,9,14,22H,1-2,5-8,10H2. The first-order valence-corrected chi connectivity index (χ1v) is 7.94. The molecule has 1 saturated carbocycles. The van der Waals surface area contributed by atoms with E-state index in [4.69, 9.17) is 10.00 Å². The first kappa shape index (κ1) is 16.1. The van der Waals surface area contributed by atoms with E-state index in [1.165, 1.54) is 6.07 Å². The quantitative estimate of drug-likeness (QED) is 0.872. The molecule has 1 aliphatic heterocycles. The highest BCUT2D eigenvalue weighted by molar-refractivity contribution is 5.53. The van der Waals surface area contributed by atoms with Gasteiger partial charge in [0, 0.05) is 18.3 Å². The fourth-order valence-electron chi connectivity index (χ4n) is 3.72. The lowest BCUT2D eigenvalue weighted by Gasteiger charge is -2.39. The summed E-state index contributed by atoms with van der Waals surface area (Å²) in [6.45, 7) is 0.639. The SMILES string of the molecule is N#Cc1ccc(NC2CCOC3(CCCC3)C2)cc1C(F)(F)F. The van der Waals surface area contributed by atoms with Gasteiger partial charge in [0.15, 0.2) is 0 Å². The van der Waals surface area contributed by atoms with Gasteiger partial charge >= 0.3 is 6.18 Å². The van der Waals surface area contributed by atoms with E-state index in [-0.39, 0.29) is 17.2 Å². The molecule has 1 aliphatic carbocycles. The van der Waals surface area contributed by atoms with Crippen LogP contribution in [0.25, 0.3) is 0 Å². The van der Waals surface area contributed by atoms with Gasteiger partial charge in [-0.05, 0) is 43.9 Å². The molecule has 1 saturated heterocycles. The number of hydrogen-bond acceptors (Lipinski definition) is 3. The highest BCUT2D eigenvalue weighted by Gasteiger charge is 2.40. The number of nitriles is 1. The van der Waals surface area contributed by atoms with E-state index in [1.54, 1.807) is 12.1 Å². The van der Waals surface area contributed by atoms with Gasteiger partial charge in [-0.15, -0.1) is 0 Å². The number of benzene rings is 1. The molecule has 124 valence electrons. The van der Waals surface area contributed by atoms with E-state index in [0.717, 1.165) is 44.6 Å². The minimum Gasteiger partial charge on any atom is -0.382 e. The summed E-state index contributed by atoms with van der Waals surface area (Å²) in [5.41, 5.74) is -0.902. The third kappa shape index (κ3) is 3.45. The second-order valence-corrected chi connectivity index (χ2v) is 6.44. The van der Waals surface area contributed by atoms with Crippen molar-refractivity contribution in [1.29, 1.82) is 5.26 Å². The lowest BCUT2D eigenvalue weighted by Crippen LogP contribution is -2.42. The maximum atomic E-state index is 13.0. The summed E-state index contributed by atoms with van der Waals surface area (Å²) in [7, 11) is 0. The van der Waals surface area contributed by atoms with Gasteiger partial charge in [0.25, 0.3) is 0 Å². The van der Waals surface area contributed by atoms with E-state index >= 15 is 0 Å². The van der Waals surface area contributed by atoms with Gasteiger partial charge in [0.1, 0.15) is 0 Å². The number of ether oxygens (including phenoxy) is 1. The van der Waals surface area contributed by atoms with Crippen LogP contribution >= 0.6 is 0 Å². The minimum absolute atomic E-state index is 0.0879. The van der Waals surface area contributed by atoms with Crippen LogP contribution in [0.15, 0.2) is 18.2 Å². The van der Waals surface area contributed by atoms with Crippen LogP contribution in [0.3, 0.4) is 0 Å². The van der Waals surface area contributed by atoms with Crippen LogP contribution in [0.5, 0.6) is 0 Å². The molecule has 2 fully saturated rings. The summed E-state index contributed by atoms with van der Waals surface area (Å²) in [6, 6.07) is 5.53. The fraction of sp³-hybridized carbons (Fsp3) is 0.588. The van der Waals surface area contributed by atoms with Crippen LogP contribution in [-0.2, 0) is 10.9 Å². The molecule has 0 bridgehead atoms. The number of hydrogen-bond donors (Lipinski definition) is 1. The lowest BCUT2D eigenvalue weighted by atomic mass is 9.88. The van der Waals surface area contributed by atoms with Crippen molar-refractivity contribution in [3.05, 3.63) is 29.3 Å². The second kappa shape index (κ2) is 6.04. The summed E-state index contributed by atoms with van der Waals surface area (Å²) >= 11 is 0. The molecule has 1 aromatic rings. The number of alkyl halides is 3. The van der Waals surface area contributed by atoms with E-state index in [2.05, 4.69) is 5.32 Å². The van der Waals surface area contributed by atoms with E-state index in [9.17, 15) is 13.2 Å². The Hall–Kier alpha value is -1.74. The number of nitrogens with zero attached hydrogens (tertiary/aromatic N) is 1. The predicted octanol–water partition coefficient (Wildman–Crippen LogP) is 4.48. The molecule has 1 spiro atoms. The van der Waals surface area contributed by atoms with Crippen molar-refractivity contribution in [3.63, 3.8) is 0 Å². The van der Waals surface area contributed by atoms with Gasteiger partial charge in [-0.1, -0.05) is 12.8 Å². The normalized spacial score (nSPS) is 23.7. The maximum absolute atomic E-state index is 13.0. The Balaban J connectivity index is 1.76. The van der Waals surface area contributed by atoms with E-state index < -0.39 is 11.7 Å². The Morgan fingerprint density at radius 3 is 2.65 bits per heavy atom. The van der Waals surface area contributed by atoms with Gasteiger partial charge < -0.3 is 10.1 Å². The molecule has 1 aromatic carbocycles. The number of nitrogens with one attached hydrogen (secondary N) is 1. The molecule has 0 aromatic heterocycles. The van der Waals surface area contributed by atoms with Crippen molar-refractivity contribution in [1.82, 2.24) is 0 Å². The van der Waals surface area contributed by atoms with Crippen LogP contribution in [-0.4, -0.2) is 18.2 Å². The zero-order valence-corrected chi connectivity index (χ0v) is 12.7. The van der Waals surface area contributed by atoms with Gasteiger partial charge in [-0.25, -0.2) is 0 Å². The highest BCUT2D eigenvalue weighted by Crippen LogP contribution is 2.41. The largest absolute Gasteiger partial charge is 0.417 e. The predicted molar refractivity (Wildman–Crippen MR) is 80.0 cm³/mol. The average Bonchev–Trinajstić information content (AvgIpc) is 2.94. The first-order chi connectivity index (χ1) is 10.9. The van der Waals surface area contributed by atoms with E-state index in [1.807, 2.05) is 0 Å². The second-order valence-electron chi connectivity index (χ2n) is 6.44. The zero-order chi connectivity index (χ0) is 16.5. The zero-order valence-electron chi connectivity index (χ0n) is 12.7. The minimum atomic E-state index is -4.52. The topological polar surface area (TPSA) is 45.0 Å². The molecule has 1 atom stereocenters. The molecule has 1 heterocycles. The molecule has 0 radical (unpaired) electrons. The van der Waals surface area contributed by atoms with E-state index in [0.29, 0.717) is 12.3 Å². The van der Waals surface area contributed by atoms with Gasteiger partial charge in [0.2, 0.25) is 0 Å². The van der Waals surface area contributed by atoms with Crippen LogP contribution in [0.1, 0.15) is 49.7 Å². The lowest BCUT2D eigenvalue weighted by molar-refractivity contribution is -0.137. The first-order valence-electron chi connectivity index (χ1n) is 7.94. The number of halogens is 3. The Labute approximate surface area is 133 Å². The van der Waals surface area contributed by atoms with Crippen molar-refractivity contribution in [2.75, 3.05) is 11.9 Å². The van der Waals surface area contributed by atoms with Crippen LogP contribution < -0.4 is 5.32 Å². The molecule has 3 nitrogen and oxygen atoms in total. The third-order valence-corrected chi connectivity index (χ3v) is 4.82. The molecule has 23 heavy (non-hydrogen) atoms. The van der Waals surface area contributed by atoms with Crippen molar-refractivity contribution in [2.24, 2.45) is 0 Å². The Morgan fingerprint density at radius 1 is 1.26 bits per heavy atom. The molecule has 1 unspecified atom stereocenters. The maximum Gasteiger partial charge on any atom is 0.417 e. The smallest absolute Gasteiger partial charge is 0.382 e. The van der Waals surface area contributed by atoms with Crippen molar-refractivity contribution in [2.45, 2.75) is 56.3 Å². The number of anilines is 1. The summed E-state index contributed by atoms with van der Waals surface area (Å²) in [4.78, 5) is 0. The molecule has 6 heteroatoms. The monoisotopic (exact) mass is 324 g/mol. The summed E-state index contributed by atoms with van der Waals surface area (Å²) < 4.78 is 45.1. The molecular formula is C17H19F3N2O. The Morgan fingerprint density at radius 2 is 2.00 bits per heavy atom. The Kier molecular flexibility index (Phi) is 4.24. The van der Waals surface area contributed by atoms with Crippen molar-refractivity contribution < 1.29 is 17.9 Å². The van der Waals surface area contributed by atoms with Crippen LogP contribution in [0, 0.1) is 11.3 Å². The average molecular weight is 324 g/mol. The summed E-state index contributed by atoms with van der Waals surface area (Å²) in [5.74, 6) is 0. The van der Waals surface area contributed by atoms with Crippen LogP contribution in [0.4, 0.5) is 18.9 Å². The fourth-order valence-corrected chi connectivity index (χ4v) is 3.72. The van der Waals surface area contributed by atoms with Gasteiger partial charge in [0.05, 0.1) is 22.8 Å².